The molecule has 0 bridgehead atoms. The molecule has 0 spiro atoms. The highest BCUT2D eigenvalue weighted by Gasteiger charge is 2.27. The van der Waals surface area contributed by atoms with Crippen molar-refractivity contribution in [2.75, 3.05) is 18.1 Å². The molecule has 1 aromatic carbocycles. The van der Waals surface area contributed by atoms with Crippen molar-refractivity contribution in [3.63, 3.8) is 0 Å². The normalized spacial score (nSPS) is 20.5. The van der Waals surface area contributed by atoms with Crippen LogP contribution in [0.15, 0.2) is 24.3 Å². The summed E-state index contributed by atoms with van der Waals surface area (Å²) >= 11 is 0. The molecule has 0 saturated carbocycles. The lowest BCUT2D eigenvalue weighted by Gasteiger charge is -2.16. The van der Waals surface area contributed by atoms with Crippen molar-refractivity contribution in [1.82, 2.24) is 0 Å². The van der Waals surface area contributed by atoms with E-state index in [-0.39, 0.29) is 18.6 Å². The van der Waals surface area contributed by atoms with Gasteiger partial charge in [-0.25, -0.2) is 0 Å². The van der Waals surface area contributed by atoms with Crippen LogP contribution in [0.3, 0.4) is 0 Å². The molecule has 86 valence electrons. The van der Waals surface area contributed by atoms with Gasteiger partial charge in [0, 0.05) is 31.3 Å². The van der Waals surface area contributed by atoms with Gasteiger partial charge in [0.05, 0.1) is 0 Å². The Kier molecular flexibility index (Phi) is 3.22. The lowest BCUT2D eigenvalue weighted by atomic mass is 10.1. The molecule has 1 aliphatic rings. The van der Waals surface area contributed by atoms with E-state index in [4.69, 9.17) is 10.8 Å². The number of benzene rings is 1. The highest BCUT2D eigenvalue weighted by atomic mass is 16.3. The van der Waals surface area contributed by atoms with Crippen molar-refractivity contribution < 1.29 is 9.90 Å². The van der Waals surface area contributed by atoms with E-state index in [1.807, 2.05) is 24.3 Å². The predicted octanol–water partition coefficient (Wildman–Crippen LogP) is 0.285. The molecule has 1 saturated heterocycles. The van der Waals surface area contributed by atoms with Crippen molar-refractivity contribution in [2.45, 2.75) is 18.9 Å². The molecule has 1 heterocycles. The summed E-state index contributed by atoms with van der Waals surface area (Å²) in [6.07, 6.45) is 1.03. The summed E-state index contributed by atoms with van der Waals surface area (Å²) < 4.78 is 0. The van der Waals surface area contributed by atoms with Crippen LogP contribution in [0, 0.1) is 0 Å². The fraction of sp³-hybridized carbons (Fsp3) is 0.417. The first-order chi connectivity index (χ1) is 7.70. The number of amides is 1. The Labute approximate surface area is 94.7 Å². The molecule has 0 aliphatic carbocycles. The summed E-state index contributed by atoms with van der Waals surface area (Å²) in [6.45, 7) is 0.707. The summed E-state index contributed by atoms with van der Waals surface area (Å²) in [5, 5.41) is 8.87. The van der Waals surface area contributed by atoms with E-state index in [0.29, 0.717) is 19.4 Å². The van der Waals surface area contributed by atoms with Crippen molar-refractivity contribution in [1.29, 1.82) is 0 Å². The summed E-state index contributed by atoms with van der Waals surface area (Å²) in [4.78, 5) is 13.4. The number of anilines is 1. The van der Waals surface area contributed by atoms with Crippen LogP contribution in [0.4, 0.5) is 5.69 Å². The van der Waals surface area contributed by atoms with Crippen molar-refractivity contribution in [2.24, 2.45) is 5.73 Å². The zero-order chi connectivity index (χ0) is 11.5. The third-order valence-electron chi connectivity index (χ3n) is 2.78. The molecule has 1 aliphatic heterocycles. The van der Waals surface area contributed by atoms with Gasteiger partial charge < -0.3 is 15.7 Å². The first kappa shape index (κ1) is 11.1. The third-order valence-corrected chi connectivity index (χ3v) is 2.78. The van der Waals surface area contributed by atoms with Crippen molar-refractivity contribution in [3.8, 4) is 0 Å². The maximum absolute atomic E-state index is 11.7. The Hall–Kier alpha value is -1.39. The average molecular weight is 220 g/mol. The molecule has 1 atom stereocenters. The van der Waals surface area contributed by atoms with Crippen LogP contribution in [0.1, 0.15) is 12.0 Å². The highest BCUT2D eigenvalue weighted by Crippen LogP contribution is 2.21. The topological polar surface area (TPSA) is 66.6 Å². The minimum absolute atomic E-state index is 0.0611. The maximum Gasteiger partial charge on any atom is 0.228 e. The number of rotatable bonds is 3. The molecule has 4 nitrogen and oxygen atoms in total. The molecule has 16 heavy (non-hydrogen) atoms. The molecule has 1 amide bonds. The van der Waals surface area contributed by atoms with Crippen LogP contribution in [0.25, 0.3) is 0 Å². The molecule has 3 N–H and O–H groups in total. The van der Waals surface area contributed by atoms with Gasteiger partial charge in [0.15, 0.2) is 0 Å². The van der Waals surface area contributed by atoms with E-state index < -0.39 is 0 Å². The van der Waals surface area contributed by atoms with Gasteiger partial charge in [0.2, 0.25) is 5.91 Å². The Morgan fingerprint density at radius 2 is 2.31 bits per heavy atom. The van der Waals surface area contributed by atoms with Gasteiger partial charge in [-0.05, 0) is 24.1 Å². The molecule has 2 rings (SSSR count). The Morgan fingerprint density at radius 1 is 1.50 bits per heavy atom. The van der Waals surface area contributed by atoms with Gasteiger partial charge in [0.25, 0.3) is 0 Å². The molecule has 4 heteroatoms. The van der Waals surface area contributed by atoms with Crippen LogP contribution >= 0.6 is 0 Å². The summed E-state index contributed by atoms with van der Waals surface area (Å²) in [5.41, 5.74) is 7.66. The first-order valence-electron chi connectivity index (χ1n) is 5.46. The number of aliphatic hydroxyl groups excluding tert-OH is 1. The number of hydrogen-bond acceptors (Lipinski definition) is 3. The smallest absolute Gasteiger partial charge is 0.228 e. The van der Waals surface area contributed by atoms with Crippen molar-refractivity contribution >= 4 is 11.6 Å². The number of carbonyl (C=O) groups is 1. The Balaban J connectivity index is 2.20. The largest absolute Gasteiger partial charge is 0.396 e. The average Bonchev–Trinajstić information content (AvgIpc) is 2.59. The Morgan fingerprint density at radius 3 is 2.94 bits per heavy atom. The minimum atomic E-state index is -0.0611. The molecule has 1 fully saturated rings. The number of aliphatic hydroxyl groups is 1. The second kappa shape index (κ2) is 4.63. The molecule has 0 aromatic heterocycles. The SMILES string of the molecule is NC1CC(=O)N(c2cccc(CCO)c2)C1. The molecule has 0 radical (unpaired) electrons. The fourth-order valence-corrected chi connectivity index (χ4v) is 1.99. The fourth-order valence-electron chi connectivity index (χ4n) is 1.99. The standard InChI is InChI=1S/C12H16N2O2/c13-10-7-12(16)14(8-10)11-3-1-2-9(6-11)4-5-15/h1-3,6,10,15H,4-5,7-8,13H2. The molecule has 1 unspecified atom stereocenters. The summed E-state index contributed by atoms with van der Waals surface area (Å²) in [5.74, 6) is 0.0775. The van der Waals surface area contributed by atoms with Gasteiger partial charge in [-0.2, -0.15) is 0 Å². The highest BCUT2D eigenvalue weighted by molar-refractivity contribution is 5.96. The van der Waals surface area contributed by atoms with Crippen LogP contribution in [-0.4, -0.2) is 30.2 Å². The van der Waals surface area contributed by atoms with E-state index in [1.165, 1.54) is 0 Å². The van der Waals surface area contributed by atoms with Crippen LogP contribution in [0.2, 0.25) is 0 Å². The van der Waals surface area contributed by atoms with Gasteiger partial charge >= 0.3 is 0 Å². The van der Waals surface area contributed by atoms with E-state index in [1.54, 1.807) is 4.90 Å². The van der Waals surface area contributed by atoms with E-state index in [0.717, 1.165) is 11.3 Å². The lowest BCUT2D eigenvalue weighted by Crippen LogP contribution is -2.27. The monoisotopic (exact) mass is 220 g/mol. The minimum Gasteiger partial charge on any atom is -0.396 e. The second-order valence-electron chi connectivity index (χ2n) is 4.11. The lowest BCUT2D eigenvalue weighted by molar-refractivity contribution is -0.117. The van der Waals surface area contributed by atoms with Gasteiger partial charge in [-0.15, -0.1) is 0 Å². The first-order valence-corrected chi connectivity index (χ1v) is 5.46. The van der Waals surface area contributed by atoms with Gasteiger partial charge in [0.1, 0.15) is 0 Å². The van der Waals surface area contributed by atoms with E-state index >= 15 is 0 Å². The molecule has 1 aromatic rings. The van der Waals surface area contributed by atoms with Crippen molar-refractivity contribution in [3.05, 3.63) is 29.8 Å². The number of nitrogens with two attached hydrogens (primary N) is 1. The Bertz CT molecular complexity index is 392. The predicted molar refractivity (Wildman–Crippen MR) is 62.2 cm³/mol. The van der Waals surface area contributed by atoms with Crippen LogP contribution < -0.4 is 10.6 Å². The number of nitrogens with zero attached hydrogens (tertiary/aromatic N) is 1. The zero-order valence-corrected chi connectivity index (χ0v) is 9.10. The summed E-state index contributed by atoms with van der Waals surface area (Å²) in [7, 11) is 0. The second-order valence-corrected chi connectivity index (χ2v) is 4.11. The quantitative estimate of drug-likeness (QED) is 0.769. The number of carbonyl (C=O) groups excluding carboxylic acids is 1. The molecular formula is C12H16N2O2. The van der Waals surface area contributed by atoms with Gasteiger partial charge in [-0.3, -0.25) is 4.79 Å². The van der Waals surface area contributed by atoms with Crippen LogP contribution in [-0.2, 0) is 11.2 Å². The van der Waals surface area contributed by atoms with Gasteiger partial charge in [-0.1, -0.05) is 12.1 Å². The number of hydrogen-bond donors (Lipinski definition) is 2. The maximum atomic E-state index is 11.7. The van der Waals surface area contributed by atoms with E-state index in [2.05, 4.69) is 0 Å². The molecular weight excluding hydrogens is 204 g/mol. The van der Waals surface area contributed by atoms with Crippen LogP contribution in [0.5, 0.6) is 0 Å². The third kappa shape index (κ3) is 2.23. The summed E-state index contributed by atoms with van der Waals surface area (Å²) in [6, 6.07) is 7.62. The van der Waals surface area contributed by atoms with E-state index in [9.17, 15) is 4.79 Å². The zero-order valence-electron chi connectivity index (χ0n) is 9.10.